The van der Waals surface area contributed by atoms with Crippen LogP contribution in [0.2, 0.25) is 0 Å². The topological polar surface area (TPSA) is 84.9 Å². The molecule has 0 radical (unpaired) electrons. The Morgan fingerprint density at radius 1 is 0.853 bits per heavy atom. The molecule has 4 rings (SSSR count). The molecule has 1 aliphatic heterocycles. The lowest BCUT2D eigenvalue weighted by molar-refractivity contribution is -0.120. The Labute approximate surface area is 201 Å². The van der Waals surface area contributed by atoms with Crippen LogP contribution in [0.4, 0.5) is 11.4 Å². The lowest BCUT2D eigenvalue weighted by atomic mass is 10.1. The first-order valence-corrected chi connectivity index (χ1v) is 10.8. The normalized spacial score (nSPS) is 13.4. The summed E-state index contributed by atoms with van der Waals surface area (Å²) in [7, 11) is 1.52. The molecule has 1 aliphatic rings. The van der Waals surface area contributed by atoms with Crippen LogP contribution in [0.5, 0.6) is 11.5 Å². The van der Waals surface area contributed by atoms with Gasteiger partial charge in [-0.15, -0.1) is 0 Å². The SMILES string of the molecule is COc1ccc(N2C(=O)C(Cl)=C(Nc3ccc(C(=O)Oc4ccc(C)c(C)c4)cc3)C2=O)cc1. The number of nitrogens with one attached hydrogen (secondary N) is 1. The summed E-state index contributed by atoms with van der Waals surface area (Å²) in [6, 6.07) is 18.2. The molecule has 0 aliphatic carbocycles. The zero-order valence-electron chi connectivity index (χ0n) is 18.7. The van der Waals surface area contributed by atoms with Gasteiger partial charge in [-0.05, 0) is 85.6 Å². The van der Waals surface area contributed by atoms with E-state index in [4.69, 9.17) is 21.1 Å². The van der Waals surface area contributed by atoms with E-state index in [1.807, 2.05) is 19.9 Å². The second-order valence-corrected chi connectivity index (χ2v) is 8.05. The molecular formula is C26H21ClN2O5. The summed E-state index contributed by atoms with van der Waals surface area (Å²) < 4.78 is 10.5. The van der Waals surface area contributed by atoms with Crippen LogP contribution in [0.1, 0.15) is 21.5 Å². The van der Waals surface area contributed by atoms with E-state index in [9.17, 15) is 14.4 Å². The van der Waals surface area contributed by atoms with Crippen LogP contribution in [0, 0.1) is 13.8 Å². The molecule has 7 nitrogen and oxygen atoms in total. The third kappa shape index (κ3) is 4.51. The van der Waals surface area contributed by atoms with Gasteiger partial charge in [0.15, 0.2) is 0 Å². The fraction of sp³-hybridized carbons (Fsp3) is 0.115. The smallest absolute Gasteiger partial charge is 0.343 e. The number of amides is 2. The number of esters is 1. The van der Waals surface area contributed by atoms with Crippen LogP contribution in [0.15, 0.2) is 77.5 Å². The first-order valence-electron chi connectivity index (χ1n) is 10.4. The lowest BCUT2D eigenvalue weighted by Gasteiger charge is -2.15. The Bertz CT molecular complexity index is 1310. The van der Waals surface area contributed by atoms with Crippen LogP contribution >= 0.6 is 11.6 Å². The zero-order chi connectivity index (χ0) is 24.4. The highest BCUT2D eigenvalue weighted by Gasteiger charge is 2.39. The van der Waals surface area contributed by atoms with Crippen molar-refractivity contribution in [2.45, 2.75) is 13.8 Å². The highest BCUT2D eigenvalue weighted by Crippen LogP contribution is 2.31. The quantitative estimate of drug-likeness (QED) is 0.307. The molecule has 0 unspecified atom stereocenters. The van der Waals surface area contributed by atoms with E-state index in [1.54, 1.807) is 60.7 Å². The van der Waals surface area contributed by atoms with E-state index in [2.05, 4.69) is 5.32 Å². The molecule has 1 N–H and O–H groups in total. The first-order chi connectivity index (χ1) is 16.3. The van der Waals surface area contributed by atoms with Gasteiger partial charge in [-0.3, -0.25) is 9.59 Å². The number of rotatable bonds is 6. The number of benzene rings is 3. The number of hydrogen-bond donors (Lipinski definition) is 1. The molecule has 1 heterocycles. The minimum atomic E-state index is -0.632. The molecule has 0 spiro atoms. The minimum Gasteiger partial charge on any atom is -0.497 e. The summed E-state index contributed by atoms with van der Waals surface area (Å²) in [6.45, 7) is 3.92. The fourth-order valence-electron chi connectivity index (χ4n) is 3.35. The standard InChI is InChI=1S/C26H21ClN2O5/c1-15-4-11-21(14-16(15)2)34-26(32)17-5-7-18(8-6-17)28-23-22(27)24(30)29(25(23)31)19-9-12-20(33-3)13-10-19/h4-14,28H,1-3H3. The van der Waals surface area contributed by atoms with Crippen molar-refractivity contribution in [3.05, 3.63) is 94.1 Å². The maximum Gasteiger partial charge on any atom is 0.343 e. The van der Waals surface area contributed by atoms with Crippen molar-refractivity contribution in [2.75, 3.05) is 17.3 Å². The number of halogens is 1. The lowest BCUT2D eigenvalue weighted by Crippen LogP contribution is -2.32. The molecule has 2 amide bonds. The molecule has 0 saturated carbocycles. The first kappa shape index (κ1) is 23.1. The Kier molecular flexibility index (Phi) is 6.38. The van der Waals surface area contributed by atoms with Gasteiger partial charge in [0.05, 0.1) is 18.4 Å². The van der Waals surface area contributed by atoms with E-state index < -0.39 is 17.8 Å². The van der Waals surface area contributed by atoms with Crippen molar-refractivity contribution >= 4 is 40.8 Å². The number of hydrogen-bond acceptors (Lipinski definition) is 6. The van der Waals surface area contributed by atoms with Crippen LogP contribution in [0.3, 0.4) is 0 Å². The average Bonchev–Trinajstić information content (AvgIpc) is 3.05. The monoisotopic (exact) mass is 476 g/mol. The van der Waals surface area contributed by atoms with Gasteiger partial charge in [-0.1, -0.05) is 17.7 Å². The third-order valence-corrected chi connectivity index (χ3v) is 5.79. The van der Waals surface area contributed by atoms with E-state index in [0.717, 1.165) is 16.0 Å². The van der Waals surface area contributed by atoms with Crippen molar-refractivity contribution in [1.82, 2.24) is 0 Å². The second-order valence-electron chi connectivity index (χ2n) is 7.67. The summed E-state index contributed by atoms with van der Waals surface area (Å²) in [5, 5.41) is 2.66. The van der Waals surface area contributed by atoms with Gasteiger partial charge in [0.25, 0.3) is 11.8 Å². The number of nitrogens with zero attached hydrogens (tertiary/aromatic N) is 1. The Morgan fingerprint density at radius 2 is 1.50 bits per heavy atom. The van der Waals surface area contributed by atoms with Crippen molar-refractivity contribution in [1.29, 1.82) is 0 Å². The maximum absolute atomic E-state index is 12.9. The molecule has 0 aromatic heterocycles. The van der Waals surface area contributed by atoms with Gasteiger partial charge in [0.1, 0.15) is 22.2 Å². The number of imide groups is 1. The number of anilines is 2. The van der Waals surface area contributed by atoms with E-state index in [1.165, 1.54) is 7.11 Å². The van der Waals surface area contributed by atoms with Crippen molar-refractivity contribution in [2.24, 2.45) is 0 Å². The molecule has 0 atom stereocenters. The largest absolute Gasteiger partial charge is 0.497 e. The van der Waals surface area contributed by atoms with Crippen LogP contribution in [-0.2, 0) is 9.59 Å². The molecule has 0 fully saturated rings. The van der Waals surface area contributed by atoms with Crippen LogP contribution < -0.4 is 19.7 Å². The van der Waals surface area contributed by atoms with Gasteiger partial charge in [0.2, 0.25) is 0 Å². The van der Waals surface area contributed by atoms with Crippen LogP contribution in [0.25, 0.3) is 0 Å². The molecule has 0 saturated heterocycles. The number of carbonyl (C=O) groups excluding carboxylic acids is 3. The fourth-order valence-corrected chi connectivity index (χ4v) is 3.57. The van der Waals surface area contributed by atoms with E-state index in [0.29, 0.717) is 28.4 Å². The average molecular weight is 477 g/mol. The van der Waals surface area contributed by atoms with Gasteiger partial charge >= 0.3 is 5.97 Å². The molecule has 172 valence electrons. The second kappa shape index (κ2) is 9.41. The Hall–Kier alpha value is -4.10. The van der Waals surface area contributed by atoms with Crippen LogP contribution in [-0.4, -0.2) is 24.9 Å². The molecular weight excluding hydrogens is 456 g/mol. The van der Waals surface area contributed by atoms with Crippen molar-refractivity contribution in [3.8, 4) is 11.5 Å². The summed E-state index contributed by atoms with van der Waals surface area (Å²) in [6.07, 6.45) is 0. The summed E-state index contributed by atoms with van der Waals surface area (Å²) >= 11 is 6.18. The number of methoxy groups -OCH3 is 1. The van der Waals surface area contributed by atoms with Gasteiger partial charge in [-0.2, -0.15) is 0 Å². The molecule has 3 aromatic carbocycles. The summed E-state index contributed by atoms with van der Waals surface area (Å²) in [5.74, 6) is -0.673. The van der Waals surface area contributed by atoms with Crippen molar-refractivity contribution < 1.29 is 23.9 Å². The number of ether oxygens (including phenoxy) is 2. The maximum atomic E-state index is 12.9. The molecule has 0 bridgehead atoms. The van der Waals surface area contributed by atoms with Crippen molar-refractivity contribution in [3.63, 3.8) is 0 Å². The Morgan fingerprint density at radius 3 is 2.12 bits per heavy atom. The number of carbonyl (C=O) groups is 3. The zero-order valence-corrected chi connectivity index (χ0v) is 19.5. The van der Waals surface area contributed by atoms with E-state index in [-0.39, 0.29) is 10.7 Å². The number of aryl methyl sites for hydroxylation is 2. The van der Waals surface area contributed by atoms with Gasteiger partial charge < -0.3 is 14.8 Å². The van der Waals surface area contributed by atoms with Gasteiger partial charge in [-0.25, -0.2) is 9.69 Å². The summed E-state index contributed by atoms with van der Waals surface area (Å²) in [5.41, 5.74) is 3.26. The minimum absolute atomic E-state index is 0.0482. The molecule has 8 heteroatoms. The highest BCUT2D eigenvalue weighted by molar-refractivity contribution is 6.53. The van der Waals surface area contributed by atoms with Gasteiger partial charge in [0, 0.05) is 5.69 Å². The molecule has 3 aromatic rings. The molecule has 34 heavy (non-hydrogen) atoms. The summed E-state index contributed by atoms with van der Waals surface area (Å²) in [4.78, 5) is 39.0. The Balaban J connectivity index is 1.47. The highest BCUT2D eigenvalue weighted by atomic mass is 35.5. The third-order valence-electron chi connectivity index (χ3n) is 5.44. The van der Waals surface area contributed by atoms with E-state index >= 15 is 0 Å². The predicted molar refractivity (Wildman–Crippen MR) is 129 cm³/mol. The predicted octanol–water partition coefficient (Wildman–Crippen LogP) is 4.97.